The van der Waals surface area contributed by atoms with Crippen LogP contribution in [0, 0.1) is 0 Å². The first kappa shape index (κ1) is 11.6. The van der Waals surface area contributed by atoms with Crippen molar-refractivity contribution in [3.05, 3.63) is 36.0 Å². The van der Waals surface area contributed by atoms with Crippen molar-refractivity contribution < 1.29 is 10.2 Å². The second kappa shape index (κ2) is 4.99. The summed E-state index contributed by atoms with van der Waals surface area (Å²) in [5, 5.41) is 21.5. The summed E-state index contributed by atoms with van der Waals surface area (Å²) >= 11 is 3.26. The van der Waals surface area contributed by atoms with Gasteiger partial charge in [0, 0.05) is 22.4 Å². The van der Waals surface area contributed by atoms with Gasteiger partial charge in [0.05, 0.1) is 6.10 Å². The fourth-order valence-corrected chi connectivity index (χ4v) is 2.31. The molecule has 1 aromatic heterocycles. The molecule has 0 amide bonds. The van der Waals surface area contributed by atoms with E-state index in [1.165, 1.54) is 0 Å². The fraction of sp³-hybridized carbons (Fsp3) is 0.333. The van der Waals surface area contributed by atoms with E-state index in [0.29, 0.717) is 11.8 Å². The Kier molecular flexibility index (Phi) is 3.63. The minimum Gasteiger partial charge on any atom is -0.390 e. The average Bonchev–Trinajstić information content (AvgIpc) is 2.76. The number of benzene rings is 1. The Balaban J connectivity index is 2.35. The molecule has 0 saturated heterocycles. The minimum absolute atomic E-state index is 0.530. The minimum atomic E-state index is -0.836. The number of rotatable bonds is 4. The highest BCUT2D eigenvalue weighted by Gasteiger charge is 2.19. The SMILES string of the molecule is OC(CCBr)C(O)c1cccc2[nH]ccc12. The van der Waals surface area contributed by atoms with Gasteiger partial charge in [-0.25, -0.2) is 0 Å². The van der Waals surface area contributed by atoms with Crippen molar-refractivity contribution >= 4 is 26.8 Å². The molecule has 2 atom stereocenters. The number of nitrogens with one attached hydrogen (secondary N) is 1. The molecular weight excluding hydrogens is 270 g/mol. The first-order valence-corrected chi connectivity index (χ1v) is 6.34. The van der Waals surface area contributed by atoms with E-state index < -0.39 is 12.2 Å². The molecule has 0 fully saturated rings. The predicted molar refractivity (Wildman–Crippen MR) is 67.7 cm³/mol. The van der Waals surface area contributed by atoms with E-state index in [9.17, 15) is 10.2 Å². The lowest BCUT2D eigenvalue weighted by atomic mass is 9.99. The van der Waals surface area contributed by atoms with Crippen LogP contribution in [0.15, 0.2) is 30.5 Å². The number of aromatic amines is 1. The van der Waals surface area contributed by atoms with Gasteiger partial charge < -0.3 is 15.2 Å². The summed E-state index contributed by atoms with van der Waals surface area (Å²) in [4.78, 5) is 3.08. The zero-order chi connectivity index (χ0) is 11.5. The van der Waals surface area contributed by atoms with Crippen molar-refractivity contribution in [3.8, 4) is 0 Å². The Morgan fingerprint density at radius 3 is 2.81 bits per heavy atom. The van der Waals surface area contributed by atoms with Gasteiger partial charge in [0.2, 0.25) is 0 Å². The molecule has 0 spiro atoms. The summed E-state index contributed by atoms with van der Waals surface area (Å²) in [6.07, 6.45) is 0.789. The molecule has 1 aromatic carbocycles. The standard InChI is InChI=1S/C12H14BrNO2/c13-6-4-11(15)12(16)9-2-1-3-10-8(9)5-7-14-10/h1-3,5,7,11-12,14-16H,4,6H2. The quantitative estimate of drug-likeness (QED) is 0.755. The highest BCUT2D eigenvalue weighted by atomic mass is 79.9. The molecule has 3 N–H and O–H groups in total. The fourth-order valence-electron chi connectivity index (χ4n) is 1.84. The van der Waals surface area contributed by atoms with Crippen molar-refractivity contribution in [2.45, 2.75) is 18.6 Å². The Morgan fingerprint density at radius 2 is 2.06 bits per heavy atom. The van der Waals surface area contributed by atoms with Crippen LogP contribution in [0.2, 0.25) is 0 Å². The zero-order valence-corrected chi connectivity index (χ0v) is 10.3. The monoisotopic (exact) mass is 283 g/mol. The third kappa shape index (κ3) is 2.14. The summed E-state index contributed by atoms with van der Waals surface area (Å²) < 4.78 is 0. The number of aliphatic hydroxyl groups excluding tert-OH is 2. The lowest BCUT2D eigenvalue weighted by Crippen LogP contribution is -2.18. The summed E-state index contributed by atoms with van der Waals surface area (Å²) in [7, 11) is 0. The van der Waals surface area contributed by atoms with Crippen molar-refractivity contribution in [3.63, 3.8) is 0 Å². The third-order valence-corrected chi connectivity index (χ3v) is 3.17. The van der Waals surface area contributed by atoms with Gasteiger partial charge in [0.1, 0.15) is 6.10 Å². The Hall–Kier alpha value is -0.840. The van der Waals surface area contributed by atoms with E-state index in [-0.39, 0.29) is 0 Å². The number of alkyl halides is 1. The predicted octanol–water partition coefficient (Wildman–Crippen LogP) is 2.35. The second-order valence-electron chi connectivity index (χ2n) is 3.78. The summed E-state index contributed by atoms with van der Waals surface area (Å²) in [6, 6.07) is 7.58. The smallest absolute Gasteiger partial charge is 0.106 e. The van der Waals surface area contributed by atoms with Crippen molar-refractivity contribution in [2.75, 3.05) is 5.33 Å². The zero-order valence-electron chi connectivity index (χ0n) is 8.73. The molecule has 0 bridgehead atoms. The molecule has 0 saturated carbocycles. The summed E-state index contributed by atoms with van der Waals surface area (Å²) in [5.74, 6) is 0. The molecular formula is C12H14BrNO2. The number of aromatic nitrogens is 1. The summed E-state index contributed by atoms with van der Waals surface area (Å²) in [6.45, 7) is 0. The molecule has 86 valence electrons. The molecule has 0 aliphatic rings. The summed E-state index contributed by atoms with van der Waals surface area (Å²) in [5.41, 5.74) is 1.75. The van der Waals surface area contributed by atoms with Gasteiger partial charge in [-0.15, -0.1) is 0 Å². The van der Waals surface area contributed by atoms with Gasteiger partial charge in [0.25, 0.3) is 0 Å². The Labute approximate surface area is 102 Å². The average molecular weight is 284 g/mol. The highest BCUT2D eigenvalue weighted by molar-refractivity contribution is 9.09. The van der Waals surface area contributed by atoms with Gasteiger partial charge in [-0.1, -0.05) is 28.1 Å². The van der Waals surface area contributed by atoms with Gasteiger partial charge in [-0.2, -0.15) is 0 Å². The Morgan fingerprint density at radius 1 is 1.25 bits per heavy atom. The van der Waals surface area contributed by atoms with Crippen molar-refractivity contribution in [2.24, 2.45) is 0 Å². The van der Waals surface area contributed by atoms with Gasteiger partial charge in [-0.3, -0.25) is 0 Å². The molecule has 1 heterocycles. The molecule has 0 aliphatic heterocycles. The van der Waals surface area contributed by atoms with Crippen LogP contribution < -0.4 is 0 Å². The topological polar surface area (TPSA) is 56.2 Å². The molecule has 2 unspecified atom stereocenters. The van der Waals surface area contributed by atoms with Crippen molar-refractivity contribution in [1.29, 1.82) is 0 Å². The molecule has 0 radical (unpaired) electrons. The largest absolute Gasteiger partial charge is 0.390 e. The molecule has 2 rings (SSSR count). The normalized spacial score (nSPS) is 15.2. The van der Waals surface area contributed by atoms with Crippen LogP contribution >= 0.6 is 15.9 Å². The lowest BCUT2D eigenvalue weighted by Gasteiger charge is -2.18. The molecule has 2 aromatic rings. The number of fused-ring (bicyclic) bond motifs is 1. The molecule has 3 nitrogen and oxygen atoms in total. The van der Waals surface area contributed by atoms with Crippen LogP contribution in [0.5, 0.6) is 0 Å². The first-order chi connectivity index (χ1) is 7.74. The van der Waals surface area contributed by atoms with E-state index in [2.05, 4.69) is 20.9 Å². The maximum atomic E-state index is 10.1. The van der Waals surface area contributed by atoms with Gasteiger partial charge in [0.15, 0.2) is 0 Å². The van der Waals surface area contributed by atoms with Crippen LogP contribution in [-0.4, -0.2) is 26.6 Å². The first-order valence-electron chi connectivity index (χ1n) is 5.22. The molecule has 0 aliphatic carbocycles. The van der Waals surface area contributed by atoms with Gasteiger partial charge >= 0.3 is 0 Å². The number of H-pyrrole nitrogens is 1. The van der Waals surface area contributed by atoms with Crippen molar-refractivity contribution in [1.82, 2.24) is 4.98 Å². The van der Waals surface area contributed by atoms with E-state index >= 15 is 0 Å². The maximum absolute atomic E-state index is 10.1. The van der Waals surface area contributed by atoms with E-state index in [1.54, 1.807) is 0 Å². The van der Waals surface area contributed by atoms with Gasteiger partial charge in [-0.05, 0) is 24.1 Å². The highest BCUT2D eigenvalue weighted by Crippen LogP contribution is 2.26. The van der Waals surface area contributed by atoms with Crippen LogP contribution in [0.1, 0.15) is 18.1 Å². The second-order valence-corrected chi connectivity index (χ2v) is 4.57. The molecule has 16 heavy (non-hydrogen) atoms. The number of hydrogen-bond acceptors (Lipinski definition) is 2. The van der Waals surface area contributed by atoms with E-state index in [1.807, 2.05) is 30.5 Å². The van der Waals surface area contributed by atoms with Crippen LogP contribution in [0.25, 0.3) is 10.9 Å². The number of aliphatic hydroxyl groups is 2. The Bertz CT molecular complexity index is 469. The van der Waals surface area contributed by atoms with E-state index in [0.717, 1.165) is 16.5 Å². The van der Waals surface area contributed by atoms with E-state index in [4.69, 9.17) is 0 Å². The van der Waals surface area contributed by atoms with Crippen LogP contribution in [-0.2, 0) is 0 Å². The maximum Gasteiger partial charge on any atom is 0.106 e. The van der Waals surface area contributed by atoms with Crippen LogP contribution in [0.3, 0.4) is 0 Å². The number of hydrogen-bond donors (Lipinski definition) is 3. The third-order valence-electron chi connectivity index (χ3n) is 2.72. The lowest BCUT2D eigenvalue weighted by molar-refractivity contribution is 0.0182. The number of halogens is 1. The molecule has 4 heteroatoms. The van der Waals surface area contributed by atoms with Crippen LogP contribution in [0.4, 0.5) is 0 Å².